The standard InChI is InChI=1S/C9H10BrO2P/c1-12-9(11)8-4-2-7(3-5-8)6-13-10/h2-5,13H,6H2,1H3. The molecule has 0 N–H and O–H groups in total. The third-order valence-corrected chi connectivity index (χ3v) is 3.03. The zero-order valence-electron chi connectivity index (χ0n) is 7.21. The molecule has 0 amide bonds. The van der Waals surface area contributed by atoms with Crippen LogP contribution in [-0.2, 0) is 10.9 Å². The van der Waals surface area contributed by atoms with Gasteiger partial charge in [-0.15, -0.1) is 0 Å². The van der Waals surface area contributed by atoms with Gasteiger partial charge >= 0.3 is 5.97 Å². The van der Waals surface area contributed by atoms with Crippen LogP contribution in [0.4, 0.5) is 0 Å². The first-order chi connectivity index (χ1) is 6.27. The van der Waals surface area contributed by atoms with E-state index in [1.165, 1.54) is 12.7 Å². The number of carbonyl (C=O) groups is 1. The van der Waals surface area contributed by atoms with Gasteiger partial charge in [0, 0.05) is 0 Å². The number of halogens is 1. The molecule has 0 saturated carbocycles. The van der Waals surface area contributed by atoms with Crippen LogP contribution in [0.1, 0.15) is 15.9 Å². The van der Waals surface area contributed by atoms with Crippen molar-refractivity contribution < 1.29 is 9.53 Å². The molecule has 1 aromatic rings. The molecule has 70 valence electrons. The summed E-state index contributed by atoms with van der Waals surface area (Å²) >= 11 is 3.38. The van der Waals surface area contributed by atoms with Crippen molar-refractivity contribution >= 4 is 28.7 Å². The van der Waals surface area contributed by atoms with E-state index >= 15 is 0 Å². The molecule has 0 aliphatic rings. The van der Waals surface area contributed by atoms with Crippen molar-refractivity contribution in [3.63, 3.8) is 0 Å². The first kappa shape index (κ1) is 10.7. The van der Waals surface area contributed by atoms with E-state index in [9.17, 15) is 4.79 Å². The fraction of sp³-hybridized carbons (Fsp3) is 0.222. The van der Waals surface area contributed by atoms with Gasteiger partial charge in [-0.05, 0) is 31.1 Å². The second-order valence-electron chi connectivity index (χ2n) is 2.50. The number of hydrogen-bond acceptors (Lipinski definition) is 2. The van der Waals surface area contributed by atoms with Crippen LogP contribution in [0.3, 0.4) is 0 Å². The van der Waals surface area contributed by atoms with Gasteiger partial charge in [0.25, 0.3) is 0 Å². The lowest BCUT2D eigenvalue weighted by molar-refractivity contribution is 0.0601. The summed E-state index contributed by atoms with van der Waals surface area (Å²) in [4.78, 5) is 11.1. The van der Waals surface area contributed by atoms with E-state index in [4.69, 9.17) is 0 Å². The molecule has 0 spiro atoms. The second kappa shape index (κ2) is 5.36. The molecule has 4 heteroatoms. The van der Waals surface area contributed by atoms with E-state index in [-0.39, 0.29) is 5.97 Å². The van der Waals surface area contributed by atoms with Crippen molar-refractivity contribution in [2.75, 3.05) is 7.11 Å². The molecular weight excluding hydrogens is 251 g/mol. The van der Waals surface area contributed by atoms with Crippen LogP contribution in [0, 0.1) is 0 Å². The summed E-state index contributed by atoms with van der Waals surface area (Å²) in [5.41, 5.74) is 1.83. The Hall–Kier alpha value is -0.400. The quantitative estimate of drug-likeness (QED) is 0.617. The molecule has 0 bridgehead atoms. The lowest BCUT2D eigenvalue weighted by Gasteiger charge is -2.00. The van der Waals surface area contributed by atoms with E-state index in [0.29, 0.717) is 5.56 Å². The number of esters is 1. The van der Waals surface area contributed by atoms with E-state index in [1.807, 2.05) is 12.1 Å². The third-order valence-electron chi connectivity index (χ3n) is 1.65. The highest BCUT2D eigenvalue weighted by atomic mass is 79.9. The summed E-state index contributed by atoms with van der Waals surface area (Å²) in [6, 6.07) is 7.46. The van der Waals surface area contributed by atoms with Crippen molar-refractivity contribution in [2.45, 2.75) is 6.16 Å². The number of hydrogen-bond donors (Lipinski definition) is 0. The fourth-order valence-electron chi connectivity index (χ4n) is 0.954. The maximum absolute atomic E-state index is 11.1. The number of rotatable bonds is 3. The second-order valence-corrected chi connectivity index (χ2v) is 4.80. The summed E-state index contributed by atoms with van der Waals surface area (Å²) in [6.07, 6.45) is 1.00. The minimum absolute atomic E-state index is 0.284. The summed E-state index contributed by atoms with van der Waals surface area (Å²) in [5, 5.41) is 0. The molecule has 0 aliphatic carbocycles. The highest BCUT2D eigenvalue weighted by molar-refractivity contribution is 9.36. The molecule has 0 aromatic heterocycles. The summed E-state index contributed by atoms with van der Waals surface area (Å²) in [7, 11) is 2.11. The minimum atomic E-state index is -0.284. The maximum atomic E-state index is 11.1. The van der Waals surface area contributed by atoms with Crippen LogP contribution in [0.2, 0.25) is 0 Å². The SMILES string of the molecule is COC(=O)c1ccc(CPBr)cc1. The Labute approximate surface area is 87.2 Å². The van der Waals surface area contributed by atoms with Gasteiger partial charge in [0.15, 0.2) is 0 Å². The Morgan fingerprint density at radius 3 is 2.54 bits per heavy atom. The molecule has 0 fully saturated rings. The molecular formula is C9H10BrO2P. The lowest BCUT2D eigenvalue weighted by atomic mass is 10.1. The van der Waals surface area contributed by atoms with E-state index < -0.39 is 0 Å². The molecule has 2 nitrogen and oxygen atoms in total. The van der Waals surface area contributed by atoms with Gasteiger partial charge in [0.2, 0.25) is 0 Å². The van der Waals surface area contributed by atoms with E-state index in [1.54, 1.807) is 12.1 Å². The smallest absolute Gasteiger partial charge is 0.337 e. The summed E-state index contributed by atoms with van der Waals surface area (Å²) < 4.78 is 4.59. The lowest BCUT2D eigenvalue weighted by Crippen LogP contribution is -2.00. The van der Waals surface area contributed by atoms with Crippen LogP contribution >= 0.6 is 22.8 Å². The van der Waals surface area contributed by atoms with Crippen molar-refractivity contribution in [1.29, 1.82) is 0 Å². The topological polar surface area (TPSA) is 26.3 Å². The molecule has 1 atom stereocenters. The monoisotopic (exact) mass is 260 g/mol. The predicted octanol–water partition coefficient (Wildman–Crippen LogP) is 2.96. The Balaban J connectivity index is 2.75. The summed E-state index contributed by atoms with van der Waals surface area (Å²) in [6.45, 7) is 0. The summed E-state index contributed by atoms with van der Waals surface area (Å²) in [5.74, 6) is -0.284. The maximum Gasteiger partial charge on any atom is 0.337 e. The van der Waals surface area contributed by atoms with E-state index in [0.717, 1.165) is 13.4 Å². The van der Waals surface area contributed by atoms with Crippen molar-refractivity contribution in [3.8, 4) is 0 Å². The average Bonchev–Trinajstić information content (AvgIpc) is 2.18. The molecule has 1 unspecified atom stereocenters. The van der Waals surface area contributed by atoms with Gasteiger partial charge < -0.3 is 4.74 Å². The van der Waals surface area contributed by atoms with Gasteiger partial charge in [-0.1, -0.05) is 27.6 Å². The number of carbonyl (C=O) groups excluding carboxylic acids is 1. The van der Waals surface area contributed by atoms with Gasteiger partial charge in [0.05, 0.1) is 12.7 Å². The zero-order valence-corrected chi connectivity index (χ0v) is 9.80. The Morgan fingerprint density at radius 1 is 1.46 bits per heavy atom. The highest BCUT2D eigenvalue weighted by Crippen LogP contribution is 2.25. The molecule has 0 saturated heterocycles. The number of ether oxygens (including phenoxy) is 1. The average molecular weight is 261 g/mol. The molecule has 0 radical (unpaired) electrons. The van der Waals surface area contributed by atoms with Crippen LogP contribution in [0.5, 0.6) is 0 Å². The van der Waals surface area contributed by atoms with Crippen molar-refractivity contribution in [3.05, 3.63) is 35.4 Å². The first-order valence-corrected chi connectivity index (χ1v) is 7.25. The van der Waals surface area contributed by atoms with Crippen LogP contribution < -0.4 is 0 Å². The largest absolute Gasteiger partial charge is 0.465 e. The Morgan fingerprint density at radius 2 is 2.08 bits per heavy atom. The van der Waals surface area contributed by atoms with Crippen LogP contribution in [-0.4, -0.2) is 13.1 Å². The fourth-order valence-corrected chi connectivity index (χ4v) is 2.31. The molecule has 1 aromatic carbocycles. The van der Waals surface area contributed by atoms with Crippen molar-refractivity contribution in [2.24, 2.45) is 0 Å². The van der Waals surface area contributed by atoms with Gasteiger partial charge in [0.1, 0.15) is 0 Å². The highest BCUT2D eigenvalue weighted by Gasteiger charge is 2.03. The predicted molar refractivity (Wildman–Crippen MR) is 58.7 cm³/mol. The van der Waals surface area contributed by atoms with E-state index in [2.05, 4.69) is 20.2 Å². The normalized spacial score (nSPS) is 10.6. The molecule has 1 rings (SSSR count). The number of methoxy groups -OCH3 is 1. The zero-order chi connectivity index (χ0) is 9.68. The number of benzene rings is 1. The van der Waals surface area contributed by atoms with Crippen LogP contribution in [0.15, 0.2) is 24.3 Å². The van der Waals surface area contributed by atoms with Crippen molar-refractivity contribution in [1.82, 2.24) is 0 Å². The Kier molecular flexibility index (Phi) is 4.40. The molecule has 0 aliphatic heterocycles. The minimum Gasteiger partial charge on any atom is -0.465 e. The van der Waals surface area contributed by atoms with Crippen LogP contribution in [0.25, 0.3) is 0 Å². The van der Waals surface area contributed by atoms with Gasteiger partial charge in [-0.3, -0.25) is 0 Å². The third kappa shape index (κ3) is 3.09. The molecule has 13 heavy (non-hydrogen) atoms. The van der Waals surface area contributed by atoms with Gasteiger partial charge in [-0.2, -0.15) is 0 Å². The molecule has 0 heterocycles. The first-order valence-electron chi connectivity index (χ1n) is 3.78. The van der Waals surface area contributed by atoms with Gasteiger partial charge in [-0.25, -0.2) is 4.79 Å². The Bertz CT molecular complexity index is 284.